The van der Waals surface area contributed by atoms with Crippen LogP contribution in [0.2, 0.25) is 0 Å². The van der Waals surface area contributed by atoms with Crippen LogP contribution in [0, 0.1) is 11.7 Å². The number of aromatic nitrogens is 1. The van der Waals surface area contributed by atoms with Crippen molar-refractivity contribution >= 4 is 23.3 Å². The number of ether oxygens (including phenoxy) is 1. The van der Waals surface area contributed by atoms with Crippen LogP contribution in [0.3, 0.4) is 0 Å². The summed E-state index contributed by atoms with van der Waals surface area (Å²) in [6.45, 7) is 5.22. The lowest BCUT2D eigenvalue weighted by Gasteiger charge is -2.37. The molecule has 170 valence electrons. The number of nitrogens with one attached hydrogen (secondary N) is 1. The average Bonchev–Trinajstić information content (AvgIpc) is 3.27. The Labute approximate surface area is 182 Å². The van der Waals surface area contributed by atoms with Crippen LogP contribution in [-0.2, 0) is 14.3 Å². The van der Waals surface area contributed by atoms with E-state index < -0.39 is 0 Å². The number of carbonyl (C=O) groups is 2. The monoisotopic (exact) mass is 433 g/mol. The van der Waals surface area contributed by atoms with Gasteiger partial charge in [0.15, 0.2) is 11.6 Å². The molecular formula is C22H32FN5O3. The molecule has 4 rings (SSSR count). The first-order valence-electron chi connectivity index (χ1n) is 11.3. The van der Waals surface area contributed by atoms with Crippen LogP contribution in [-0.4, -0.2) is 73.8 Å². The van der Waals surface area contributed by atoms with Gasteiger partial charge in [0.25, 0.3) is 0 Å². The molecular weight excluding hydrogens is 401 g/mol. The summed E-state index contributed by atoms with van der Waals surface area (Å²) >= 11 is 0. The van der Waals surface area contributed by atoms with Crippen molar-refractivity contribution < 1.29 is 18.7 Å². The Hall–Kier alpha value is -2.42. The number of rotatable bonds is 5. The van der Waals surface area contributed by atoms with E-state index in [0.717, 1.165) is 25.7 Å². The van der Waals surface area contributed by atoms with E-state index in [1.807, 2.05) is 14.7 Å². The van der Waals surface area contributed by atoms with Crippen LogP contribution in [0.25, 0.3) is 0 Å². The topological polar surface area (TPSA) is 78.0 Å². The van der Waals surface area contributed by atoms with Crippen molar-refractivity contribution in [2.24, 2.45) is 5.92 Å². The SMILES string of the molecule is CC(=O)NCC1CN(c2cnc(N3CCN(C(=O)C4CCCCC4)CC3)c(F)c2)CO1. The lowest BCUT2D eigenvalue weighted by Crippen LogP contribution is -2.51. The molecule has 1 aromatic heterocycles. The fraction of sp³-hybridized carbons (Fsp3) is 0.682. The van der Waals surface area contributed by atoms with E-state index in [1.165, 1.54) is 19.4 Å². The highest BCUT2D eigenvalue weighted by molar-refractivity contribution is 5.79. The van der Waals surface area contributed by atoms with Gasteiger partial charge >= 0.3 is 0 Å². The number of hydrogen-bond donors (Lipinski definition) is 1. The molecule has 2 amide bonds. The highest BCUT2D eigenvalue weighted by Crippen LogP contribution is 2.28. The third-order valence-electron chi connectivity index (χ3n) is 6.49. The Kier molecular flexibility index (Phi) is 6.89. The second-order valence-corrected chi connectivity index (χ2v) is 8.72. The van der Waals surface area contributed by atoms with Gasteiger partial charge in [0.1, 0.15) is 6.73 Å². The quantitative estimate of drug-likeness (QED) is 0.762. The lowest BCUT2D eigenvalue weighted by molar-refractivity contribution is -0.136. The van der Waals surface area contributed by atoms with Gasteiger partial charge in [0, 0.05) is 58.2 Å². The van der Waals surface area contributed by atoms with Crippen molar-refractivity contribution in [2.75, 3.05) is 55.8 Å². The van der Waals surface area contributed by atoms with E-state index in [-0.39, 0.29) is 29.7 Å². The number of hydrogen-bond acceptors (Lipinski definition) is 6. The first kappa shape index (κ1) is 21.8. The molecule has 3 heterocycles. The number of carbonyl (C=O) groups excluding carboxylic acids is 2. The number of piperazine rings is 1. The molecule has 0 bridgehead atoms. The minimum absolute atomic E-state index is 0.0975. The van der Waals surface area contributed by atoms with Crippen LogP contribution in [0.15, 0.2) is 12.3 Å². The van der Waals surface area contributed by atoms with Gasteiger partial charge in [-0.15, -0.1) is 0 Å². The highest BCUT2D eigenvalue weighted by Gasteiger charge is 2.30. The standard InChI is InChI=1S/C22H32FN5O3/c1-16(29)24-13-19-14-28(15-31-19)18-11-20(23)21(25-12-18)26-7-9-27(10-8-26)22(30)17-5-3-2-4-6-17/h11-12,17,19H,2-10,13-15H2,1H3,(H,24,29). The normalized spacial score (nSPS) is 22.6. The first-order chi connectivity index (χ1) is 15.0. The summed E-state index contributed by atoms with van der Waals surface area (Å²) in [6.07, 6.45) is 7.08. The molecule has 1 aromatic rings. The summed E-state index contributed by atoms with van der Waals surface area (Å²) in [6, 6.07) is 1.49. The Bertz CT molecular complexity index is 793. The Morgan fingerprint density at radius 1 is 1.16 bits per heavy atom. The Balaban J connectivity index is 1.31. The van der Waals surface area contributed by atoms with E-state index in [0.29, 0.717) is 57.5 Å². The third kappa shape index (κ3) is 5.26. The summed E-state index contributed by atoms with van der Waals surface area (Å²) in [5, 5.41) is 2.74. The molecule has 3 fully saturated rings. The maximum atomic E-state index is 14.9. The molecule has 8 nitrogen and oxygen atoms in total. The van der Waals surface area contributed by atoms with E-state index in [1.54, 1.807) is 6.20 Å². The summed E-state index contributed by atoms with van der Waals surface area (Å²) in [5.41, 5.74) is 0.665. The van der Waals surface area contributed by atoms with E-state index in [2.05, 4.69) is 10.3 Å². The predicted octanol–water partition coefficient (Wildman–Crippen LogP) is 1.75. The molecule has 0 aromatic carbocycles. The molecule has 1 saturated carbocycles. The zero-order valence-corrected chi connectivity index (χ0v) is 18.2. The van der Waals surface area contributed by atoms with Gasteiger partial charge in [0.05, 0.1) is 18.0 Å². The van der Waals surface area contributed by atoms with Crippen LogP contribution in [0.1, 0.15) is 39.0 Å². The molecule has 0 radical (unpaired) electrons. The summed E-state index contributed by atoms with van der Waals surface area (Å²) in [4.78, 5) is 34.0. The van der Waals surface area contributed by atoms with Crippen molar-refractivity contribution in [3.63, 3.8) is 0 Å². The fourth-order valence-electron chi connectivity index (χ4n) is 4.68. The molecule has 31 heavy (non-hydrogen) atoms. The van der Waals surface area contributed by atoms with Gasteiger partial charge < -0.3 is 24.8 Å². The largest absolute Gasteiger partial charge is 0.354 e. The molecule has 9 heteroatoms. The van der Waals surface area contributed by atoms with Crippen molar-refractivity contribution in [3.05, 3.63) is 18.1 Å². The maximum Gasteiger partial charge on any atom is 0.225 e. The molecule has 2 saturated heterocycles. The Morgan fingerprint density at radius 3 is 2.58 bits per heavy atom. The van der Waals surface area contributed by atoms with Crippen molar-refractivity contribution in [1.29, 1.82) is 0 Å². The smallest absolute Gasteiger partial charge is 0.225 e. The second-order valence-electron chi connectivity index (χ2n) is 8.72. The Morgan fingerprint density at radius 2 is 1.90 bits per heavy atom. The van der Waals surface area contributed by atoms with Crippen molar-refractivity contribution in [1.82, 2.24) is 15.2 Å². The third-order valence-corrected chi connectivity index (χ3v) is 6.49. The lowest BCUT2D eigenvalue weighted by atomic mass is 9.88. The van der Waals surface area contributed by atoms with Gasteiger partial charge in [-0.2, -0.15) is 0 Å². The van der Waals surface area contributed by atoms with Gasteiger partial charge in [-0.3, -0.25) is 9.59 Å². The molecule has 2 aliphatic heterocycles. The van der Waals surface area contributed by atoms with Crippen LogP contribution >= 0.6 is 0 Å². The molecule has 1 N–H and O–H groups in total. The van der Waals surface area contributed by atoms with Gasteiger partial charge in [-0.05, 0) is 12.8 Å². The number of nitrogens with zero attached hydrogens (tertiary/aromatic N) is 4. The minimum atomic E-state index is -0.366. The van der Waals surface area contributed by atoms with E-state index in [9.17, 15) is 14.0 Å². The van der Waals surface area contributed by atoms with E-state index in [4.69, 9.17) is 4.74 Å². The van der Waals surface area contributed by atoms with Gasteiger partial charge in [0.2, 0.25) is 11.8 Å². The average molecular weight is 434 g/mol. The number of amides is 2. The van der Waals surface area contributed by atoms with Crippen LogP contribution < -0.4 is 15.1 Å². The molecule has 1 unspecified atom stereocenters. The zero-order valence-electron chi connectivity index (χ0n) is 18.2. The van der Waals surface area contributed by atoms with Crippen molar-refractivity contribution in [2.45, 2.75) is 45.1 Å². The summed E-state index contributed by atoms with van der Waals surface area (Å²) < 4.78 is 20.5. The molecule has 0 spiro atoms. The fourth-order valence-corrected chi connectivity index (χ4v) is 4.68. The molecule has 1 aliphatic carbocycles. The predicted molar refractivity (Wildman–Crippen MR) is 115 cm³/mol. The highest BCUT2D eigenvalue weighted by atomic mass is 19.1. The maximum absolute atomic E-state index is 14.9. The minimum Gasteiger partial charge on any atom is -0.354 e. The zero-order chi connectivity index (χ0) is 21.8. The summed E-state index contributed by atoms with van der Waals surface area (Å²) in [7, 11) is 0. The van der Waals surface area contributed by atoms with Crippen LogP contribution in [0.5, 0.6) is 0 Å². The van der Waals surface area contributed by atoms with Crippen molar-refractivity contribution in [3.8, 4) is 0 Å². The number of halogens is 1. The van der Waals surface area contributed by atoms with E-state index >= 15 is 0 Å². The van der Waals surface area contributed by atoms with Crippen LogP contribution in [0.4, 0.5) is 15.9 Å². The number of pyridine rings is 1. The van der Waals surface area contributed by atoms with Gasteiger partial charge in [-0.25, -0.2) is 9.37 Å². The van der Waals surface area contributed by atoms with Gasteiger partial charge in [-0.1, -0.05) is 19.3 Å². The number of anilines is 2. The molecule has 1 atom stereocenters. The summed E-state index contributed by atoms with van der Waals surface area (Å²) in [5.74, 6) is 0.315. The second kappa shape index (κ2) is 9.80. The molecule has 3 aliphatic rings. The first-order valence-corrected chi connectivity index (χ1v) is 11.3.